The smallest absolute Gasteiger partial charge is 0.250 e. The van der Waals surface area contributed by atoms with E-state index in [0.717, 1.165) is 31.2 Å². The van der Waals surface area contributed by atoms with Crippen LogP contribution in [0.25, 0.3) is 5.69 Å². The highest BCUT2D eigenvalue weighted by Crippen LogP contribution is 2.15. The van der Waals surface area contributed by atoms with Gasteiger partial charge in [-0.15, -0.1) is 0 Å². The predicted octanol–water partition coefficient (Wildman–Crippen LogP) is 1.44. The molecule has 6 heteroatoms. The maximum absolute atomic E-state index is 5.05. The molecule has 0 atom stereocenters. The Hall–Kier alpha value is -1.95. The minimum atomic E-state index is 0.733. The third-order valence-electron chi connectivity index (χ3n) is 2.91. The summed E-state index contributed by atoms with van der Waals surface area (Å²) in [7, 11) is 3.68. The highest BCUT2D eigenvalue weighted by molar-refractivity contribution is 5.41. The van der Waals surface area contributed by atoms with Gasteiger partial charge in [-0.1, -0.05) is 22.8 Å². The van der Waals surface area contributed by atoms with Gasteiger partial charge in [0.1, 0.15) is 0 Å². The Balaban J connectivity index is 2.15. The lowest BCUT2D eigenvalue weighted by Crippen LogP contribution is -2.23. The molecule has 0 N–H and O–H groups in total. The number of tetrazole rings is 1. The molecule has 1 aromatic heterocycles. The van der Waals surface area contributed by atoms with Crippen LogP contribution < -0.4 is 4.90 Å². The molecule has 0 saturated heterocycles. The van der Waals surface area contributed by atoms with Crippen LogP contribution in [0.15, 0.2) is 24.3 Å². The first-order valence-corrected chi connectivity index (χ1v) is 6.28. The summed E-state index contributed by atoms with van der Waals surface area (Å²) in [6.07, 6.45) is 0.938. The van der Waals surface area contributed by atoms with Gasteiger partial charge < -0.3 is 9.64 Å². The average molecular weight is 261 g/mol. The van der Waals surface area contributed by atoms with E-state index >= 15 is 0 Å². The topological polar surface area (TPSA) is 56.1 Å². The van der Waals surface area contributed by atoms with Crippen molar-refractivity contribution < 1.29 is 4.74 Å². The highest BCUT2D eigenvalue weighted by Gasteiger charge is 2.12. The number of hydrogen-bond acceptors (Lipinski definition) is 5. The fourth-order valence-electron chi connectivity index (χ4n) is 1.82. The van der Waals surface area contributed by atoms with E-state index in [-0.39, 0.29) is 0 Å². The number of aryl methyl sites for hydroxylation is 1. The highest BCUT2D eigenvalue weighted by atomic mass is 16.5. The van der Waals surface area contributed by atoms with Crippen LogP contribution in [0, 0.1) is 6.92 Å². The summed E-state index contributed by atoms with van der Waals surface area (Å²) in [4.78, 5) is 2.03. The van der Waals surface area contributed by atoms with E-state index in [0.29, 0.717) is 0 Å². The van der Waals surface area contributed by atoms with Crippen molar-refractivity contribution in [2.75, 3.05) is 32.2 Å². The van der Waals surface area contributed by atoms with Gasteiger partial charge in [-0.25, -0.2) is 0 Å². The minimum absolute atomic E-state index is 0.733. The molecule has 0 bridgehead atoms. The number of methoxy groups -OCH3 is 1. The summed E-state index contributed by atoms with van der Waals surface area (Å²) in [6.45, 7) is 3.64. The zero-order chi connectivity index (χ0) is 13.7. The molecule has 0 fully saturated rings. The Morgan fingerprint density at radius 2 is 2.00 bits per heavy atom. The van der Waals surface area contributed by atoms with Crippen molar-refractivity contribution in [2.45, 2.75) is 13.3 Å². The number of ether oxygens (including phenoxy) is 1. The summed E-state index contributed by atoms with van der Waals surface area (Å²) in [5.74, 6) is 0.736. The van der Waals surface area contributed by atoms with E-state index in [1.165, 1.54) is 5.56 Å². The molecule has 1 aromatic carbocycles. The predicted molar refractivity (Wildman–Crippen MR) is 73.7 cm³/mol. The number of aromatic nitrogens is 4. The summed E-state index contributed by atoms with van der Waals surface area (Å²) in [6, 6.07) is 8.12. The van der Waals surface area contributed by atoms with Gasteiger partial charge in [-0.3, -0.25) is 0 Å². The van der Waals surface area contributed by atoms with Crippen molar-refractivity contribution in [1.82, 2.24) is 20.2 Å². The molecule has 102 valence electrons. The zero-order valence-electron chi connectivity index (χ0n) is 11.6. The lowest BCUT2D eigenvalue weighted by molar-refractivity contribution is 0.196. The first-order valence-electron chi connectivity index (χ1n) is 6.28. The van der Waals surface area contributed by atoms with Crippen LogP contribution in [-0.2, 0) is 4.74 Å². The first-order chi connectivity index (χ1) is 9.22. The largest absolute Gasteiger partial charge is 0.385 e. The van der Waals surface area contributed by atoms with Crippen LogP contribution in [0.5, 0.6) is 0 Å². The second kappa shape index (κ2) is 6.29. The normalized spacial score (nSPS) is 10.7. The van der Waals surface area contributed by atoms with Gasteiger partial charge in [0, 0.05) is 27.3 Å². The van der Waals surface area contributed by atoms with Gasteiger partial charge in [0.05, 0.1) is 5.69 Å². The van der Waals surface area contributed by atoms with E-state index in [1.807, 2.05) is 36.2 Å². The Morgan fingerprint density at radius 1 is 1.26 bits per heavy atom. The van der Waals surface area contributed by atoms with Crippen molar-refractivity contribution in [1.29, 1.82) is 0 Å². The molecule has 0 amide bonds. The lowest BCUT2D eigenvalue weighted by atomic mass is 10.2. The molecule has 0 spiro atoms. The van der Waals surface area contributed by atoms with Gasteiger partial charge in [0.25, 0.3) is 0 Å². The number of benzene rings is 1. The molecule has 6 nitrogen and oxygen atoms in total. The minimum Gasteiger partial charge on any atom is -0.385 e. The molecular weight excluding hydrogens is 242 g/mol. The van der Waals surface area contributed by atoms with E-state index in [1.54, 1.807) is 11.8 Å². The maximum Gasteiger partial charge on any atom is 0.250 e. The fourth-order valence-corrected chi connectivity index (χ4v) is 1.82. The van der Waals surface area contributed by atoms with Crippen LogP contribution in [0.4, 0.5) is 5.95 Å². The average Bonchev–Trinajstić information content (AvgIpc) is 2.89. The van der Waals surface area contributed by atoms with Crippen molar-refractivity contribution in [3.05, 3.63) is 29.8 Å². The van der Waals surface area contributed by atoms with E-state index in [2.05, 4.69) is 22.4 Å². The third kappa shape index (κ3) is 3.29. The molecule has 0 aliphatic rings. The molecular formula is C13H19N5O. The van der Waals surface area contributed by atoms with Gasteiger partial charge in [0.15, 0.2) is 0 Å². The second-order valence-electron chi connectivity index (χ2n) is 4.49. The van der Waals surface area contributed by atoms with Crippen molar-refractivity contribution in [3.8, 4) is 5.69 Å². The molecule has 0 radical (unpaired) electrons. The van der Waals surface area contributed by atoms with Gasteiger partial charge in [-0.05, 0) is 35.9 Å². The number of hydrogen-bond donors (Lipinski definition) is 0. The number of rotatable bonds is 6. The Morgan fingerprint density at radius 3 is 2.68 bits per heavy atom. The standard InChI is InChI=1S/C13H19N5O/c1-11-5-7-12(8-6-11)18-13(14-15-16-18)17(2)9-4-10-19-3/h5-8H,4,9-10H2,1-3H3. The van der Waals surface area contributed by atoms with E-state index < -0.39 is 0 Å². The zero-order valence-corrected chi connectivity index (χ0v) is 11.6. The van der Waals surface area contributed by atoms with Crippen LogP contribution in [0.1, 0.15) is 12.0 Å². The number of anilines is 1. The SMILES string of the molecule is COCCCN(C)c1nnnn1-c1ccc(C)cc1. The van der Waals surface area contributed by atoms with E-state index in [9.17, 15) is 0 Å². The summed E-state index contributed by atoms with van der Waals surface area (Å²) in [5.41, 5.74) is 2.18. The first kappa shape index (κ1) is 13.5. The Bertz CT molecular complexity index is 508. The molecule has 2 rings (SSSR count). The van der Waals surface area contributed by atoms with Crippen LogP contribution >= 0.6 is 0 Å². The van der Waals surface area contributed by atoms with Crippen molar-refractivity contribution in [2.24, 2.45) is 0 Å². The summed E-state index contributed by atoms with van der Waals surface area (Å²) in [5, 5.41) is 11.9. The van der Waals surface area contributed by atoms with Gasteiger partial charge in [0.2, 0.25) is 5.95 Å². The Kier molecular flexibility index (Phi) is 4.46. The van der Waals surface area contributed by atoms with Crippen molar-refractivity contribution >= 4 is 5.95 Å². The lowest BCUT2D eigenvalue weighted by Gasteiger charge is -2.17. The second-order valence-corrected chi connectivity index (χ2v) is 4.49. The Labute approximate surface area is 113 Å². The monoisotopic (exact) mass is 261 g/mol. The fraction of sp³-hybridized carbons (Fsp3) is 0.462. The van der Waals surface area contributed by atoms with Crippen LogP contribution in [0.3, 0.4) is 0 Å². The molecule has 1 heterocycles. The molecule has 0 aliphatic carbocycles. The van der Waals surface area contributed by atoms with Crippen molar-refractivity contribution in [3.63, 3.8) is 0 Å². The van der Waals surface area contributed by atoms with Gasteiger partial charge >= 0.3 is 0 Å². The molecule has 0 aliphatic heterocycles. The molecule has 0 saturated carbocycles. The quantitative estimate of drug-likeness (QED) is 0.737. The van der Waals surface area contributed by atoms with Gasteiger partial charge in [-0.2, -0.15) is 4.68 Å². The molecule has 2 aromatic rings. The molecule has 0 unspecified atom stereocenters. The summed E-state index contributed by atoms with van der Waals surface area (Å²) >= 11 is 0. The number of nitrogens with zero attached hydrogens (tertiary/aromatic N) is 5. The third-order valence-corrected chi connectivity index (χ3v) is 2.91. The molecule has 19 heavy (non-hydrogen) atoms. The summed E-state index contributed by atoms with van der Waals surface area (Å²) < 4.78 is 6.79. The van der Waals surface area contributed by atoms with Crippen LogP contribution in [0.2, 0.25) is 0 Å². The maximum atomic E-state index is 5.05. The van der Waals surface area contributed by atoms with E-state index in [4.69, 9.17) is 4.74 Å². The van der Waals surface area contributed by atoms with Crippen LogP contribution in [-0.4, -0.2) is 47.5 Å².